The number of methoxy groups -OCH3 is 1. The molecule has 5 atom stereocenters. The SMILES string of the molecule is COC1C(OC(=O)NCCCCCCOSC)CC[C@]2(CO2)C1[C@H](C)CCC=C(C)C. The molecule has 0 aromatic heterocycles. The van der Waals surface area contributed by atoms with Gasteiger partial charge >= 0.3 is 6.09 Å². The molecule has 1 N–H and O–H groups in total. The molecule has 0 aromatic rings. The zero-order valence-electron chi connectivity index (χ0n) is 20.1. The van der Waals surface area contributed by atoms with Crippen LogP contribution in [0.4, 0.5) is 4.79 Å². The van der Waals surface area contributed by atoms with Crippen LogP contribution in [0.1, 0.15) is 72.1 Å². The first-order valence-corrected chi connectivity index (χ1v) is 13.0. The Labute approximate surface area is 193 Å². The van der Waals surface area contributed by atoms with Crippen molar-refractivity contribution in [1.29, 1.82) is 0 Å². The summed E-state index contributed by atoms with van der Waals surface area (Å²) < 4.78 is 23.0. The summed E-state index contributed by atoms with van der Waals surface area (Å²) >= 11 is 1.41. The average molecular weight is 458 g/mol. The standard InChI is InChI=1S/C24H43NO5S/c1-18(2)11-10-12-19(3)21-22(27-4)20(13-14-24(21)17-28-24)30-23(26)25-15-8-6-7-9-16-29-31-5/h11,19-22H,6-10,12-17H2,1-5H3,(H,25,26)/t19-,20?,21?,22?,24+/m1/s1. The van der Waals surface area contributed by atoms with Gasteiger partial charge in [0.1, 0.15) is 12.2 Å². The van der Waals surface area contributed by atoms with Gasteiger partial charge in [-0.3, -0.25) is 0 Å². The molecule has 0 radical (unpaired) electrons. The van der Waals surface area contributed by atoms with Crippen molar-refractivity contribution in [3.05, 3.63) is 11.6 Å². The molecule has 1 saturated heterocycles. The molecule has 2 rings (SSSR count). The van der Waals surface area contributed by atoms with Crippen LogP contribution in [0.15, 0.2) is 11.6 Å². The number of hydrogen-bond donors (Lipinski definition) is 1. The summed E-state index contributed by atoms with van der Waals surface area (Å²) in [7, 11) is 1.73. The highest BCUT2D eigenvalue weighted by molar-refractivity contribution is 7.93. The lowest BCUT2D eigenvalue weighted by Crippen LogP contribution is -2.53. The van der Waals surface area contributed by atoms with Crippen molar-refractivity contribution in [2.45, 2.75) is 89.9 Å². The number of carbonyl (C=O) groups is 1. The summed E-state index contributed by atoms with van der Waals surface area (Å²) in [5.74, 6) is 0.686. The van der Waals surface area contributed by atoms with E-state index in [1.165, 1.54) is 17.6 Å². The van der Waals surface area contributed by atoms with E-state index in [9.17, 15) is 4.79 Å². The summed E-state index contributed by atoms with van der Waals surface area (Å²) in [4.78, 5) is 12.4. The van der Waals surface area contributed by atoms with Gasteiger partial charge in [0.15, 0.2) is 0 Å². The number of alkyl carbamates (subject to hydrolysis) is 1. The molecule has 1 saturated carbocycles. The van der Waals surface area contributed by atoms with Gasteiger partial charge in [-0.25, -0.2) is 4.79 Å². The van der Waals surface area contributed by atoms with Gasteiger partial charge in [-0.15, -0.1) is 0 Å². The second-order valence-electron chi connectivity index (χ2n) is 9.23. The third kappa shape index (κ3) is 8.60. The Balaban J connectivity index is 1.79. The van der Waals surface area contributed by atoms with Crippen molar-refractivity contribution in [2.75, 3.05) is 33.1 Å². The number of allylic oxidation sites excluding steroid dienone is 2. The highest BCUT2D eigenvalue weighted by atomic mass is 32.2. The third-order valence-corrected chi connectivity index (χ3v) is 6.96. The summed E-state index contributed by atoms with van der Waals surface area (Å²) in [6.07, 6.45) is 11.6. The Morgan fingerprint density at radius 1 is 1.29 bits per heavy atom. The molecular weight excluding hydrogens is 414 g/mol. The fourth-order valence-corrected chi connectivity index (χ4v) is 5.14. The van der Waals surface area contributed by atoms with Gasteiger partial charge in [0.05, 0.1) is 18.8 Å². The number of hydrogen-bond acceptors (Lipinski definition) is 6. The first-order chi connectivity index (χ1) is 14.9. The van der Waals surface area contributed by atoms with Crippen LogP contribution in [0.2, 0.25) is 0 Å². The molecule has 2 fully saturated rings. The Hall–Kier alpha value is -0.760. The van der Waals surface area contributed by atoms with Crippen molar-refractivity contribution in [2.24, 2.45) is 11.8 Å². The Bertz CT molecular complexity index is 562. The van der Waals surface area contributed by atoms with Crippen LogP contribution in [0.5, 0.6) is 0 Å². The lowest BCUT2D eigenvalue weighted by atomic mass is 9.68. The smallest absolute Gasteiger partial charge is 0.407 e. The molecular formula is C24H43NO5S. The zero-order valence-corrected chi connectivity index (χ0v) is 20.9. The molecule has 0 bridgehead atoms. The largest absolute Gasteiger partial charge is 0.443 e. The number of nitrogens with one attached hydrogen (secondary N) is 1. The zero-order chi connectivity index (χ0) is 22.7. The quantitative estimate of drug-likeness (QED) is 0.160. The molecule has 2 aliphatic rings. The maximum Gasteiger partial charge on any atom is 0.407 e. The molecule has 6 nitrogen and oxygen atoms in total. The van der Waals surface area contributed by atoms with Crippen LogP contribution in [0.25, 0.3) is 0 Å². The van der Waals surface area contributed by atoms with Gasteiger partial charge < -0.3 is 23.7 Å². The van der Waals surface area contributed by atoms with Gasteiger partial charge in [0, 0.05) is 25.8 Å². The van der Waals surface area contributed by atoms with Gasteiger partial charge in [-0.2, -0.15) is 0 Å². The molecule has 31 heavy (non-hydrogen) atoms. The summed E-state index contributed by atoms with van der Waals surface area (Å²) in [5.41, 5.74) is 1.27. The van der Waals surface area contributed by atoms with Crippen LogP contribution in [0, 0.1) is 11.8 Å². The number of rotatable bonds is 14. The average Bonchev–Trinajstić information content (AvgIpc) is 3.50. The predicted molar refractivity (Wildman–Crippen MR) is 126 cm³/mol. The summed E-state index contributed by atoms with van der Waals surface area (Å²) in [5, 5.41) is 2.91. The second kappa shape index (κ2) is 13.7. The highest BCUT2D eigenvalue weighted by Crippen LogP contribution is 2.51. The predicted octanol–water partition coefficient (Wildman–Crippen LogP) is 5.51. The van der Waals surface area contributed by atoms with E-state index >= 15 is 0 Å². The topological polar surface area (TPSA) is 69.3 Å². The molecule has 180 valence electrons. The first-order valence-electron chi connectivity index (χ1n) is 11.8. The first kappa shape index (κ1) is 26.5. The second-order valence-corrected chi connectivity index (χ2v) is 9.80. The third-order valence-electron chi connectivity index (χ3n) is 6.55. The van der Waals surface area contributed by atoms with Crippen LogP contribution in [0.3, 0.4) is 0 Å². The van der Waals surface area contributed by atoms with Crippen LogP contribution in [-0.2, 0) is 18.4 Å². The van der Waals surface area contributed by atoms with Gasteiger partial charge in [-0.1, -0.05) is 31.4 Å². The van der Waals surface area contributed by atoms with Crippen molar-refractivity contribution in [3.63, 3.8) is 0 Å². The minimum absolute atomic E-state index is 0.0819. The van der Waals surface area contributed by atoms with Crippen LogP contribution in [-0.4, -0.2) is 57.0 Å². The minimum Gasteiger partial charge on any atom is -0.443 e. The summed E-state index contributed by atoms with van der Waals surface area (Å²) in [6.45, 7) is 8.78. The molecule has 1 amide bonds. The van der Waals surface area contributed by atoms with E-state index in [1.54, 1.807) is 7.11 Å². The van der Waals surface area contributed by atoms with Crippen molar-refractivity contribution >= 4 is 18.1 Å². The molecule has 1 aliphatic carbocycles. The fraction of sp³-hybridized carbons (Fsp3) is 0.875. The van der Waals surface area contributed by atoms with E-state index in [2.05, 4.69) is 32.2 Å². The maximum absolute atomic E-state index is 12.4. The van der Waals surface area contributed by atoms with Crippen molar-refractivity contribution in [1.82, 2.24) is 5.32 Å². The Morgan fingerprint density at radius 3 is 2.68 bits per heavy atom. The van der Waals surface area contributed by atoms with E-state index < -0.39 is 0 Å². The molecule has 7 heteroatoms. The lowest BCUT2D eigenvalue weighted by molar-refractivity contribution is -0.114. The van der Waals surface area contributed by atoms with E-state index in [4.69, 9.17) is 18.4 Å². The van der Waals surface area contributed by atoms with Crippen LogP contribution < -0.4 is 5.32 Å². The number of amides is 1. The van der Waals surface area contributed by atoms with Crippen molar-refractivity contribution in [3.8, 4) is 0 Å². The number of carbonyl (C=O) groups excluding carboxylic acids is 1. The van der Waals surface area contributed by atoms with Gasteiger partial charge in [0.2, 0.25) is 0 Å². The van der Waals surface area contributed by atoms with E-state index in [1.807, 2.05) is 6.26 Å². The number of unbranched alkanes of at least 4 members (excludes halogenated alkanes) is 3. The highest BCUT2D eigenvalue weighted by Gasteiger charge is 2.60. The van der Waals surface area contributed by atoms with Crippen LogP contribution >= 0.6 is 12.0 Å². The monoisotopic (exact) mass is 457 g/mol. The molecule has 3 unspecified atom stereocenters. The Morgan fingerprint density at radius 2 is 2.03 bits per heavy atom. The van der Waals surface area contributed by atoms with Gasteiger partial charge in [-0.05, 0) is 70.3 Å². The van der Waals surface area contributed by atoms with E-state index in [0.717, 1.165) is 64.6 Å². The van der Waals surface area contributed by atoms with Gasteiger partial charge in [0.25, 0.3) is 0 Å². The summed E-state index contributed by atoms with van der Waals surface area (Å²) in [6, 6.07) is 0. The fourth-order valence-electron chi connectivity index (χ4n) is 4.85. The van der Waals surface area contributed by atoms with E-state index in [0.29, 0.717) is 12.5 Å². The number of epoxide rings is 1. The number of ether oxygens (including phenoxy) is 3. The normalized spacial score (nSPS) is 28.2. The van der Waals surface area contributed by atoms with E-state index in [-0.39, 0.29) is 29.8 Å². The lowest BCUT2D eigenvalue weighted by Gasteiger charge is -2.43. The molecule has 1 aliphatic heterocycles. The molecule has 1 heterocycles. The maximum atomic E-state index is 12.4. The molecule has 1 spiro atoms. The van der Waals surface area contributed by atoms with Crippen molar-refractivity contribution < 1.29 is 23.2 Å². The minimum atomic E-state index is -0.332. The molecule has 0 aromatic carbocycles. The Kier molecular flexibility index (Phi) is 11.7.